The number of non-ortho nitro benzene ring substituents is 1. The number of hydrogen-bond acceptors (Lipinski definition) is 6. The third-order valence-electron chi connectivity index (χ3n) is 3.93. The Balaban J connectivity index is 1.73. The summed E-state index contributed by atoms with van der Waals surface area (Å²) >= 11 is 0. The van der Waals surface area contributed by atoms with Crippen molar-refractivity contribution < 1.29 is 14.4 Å². The fourth-order valence-electron chi connectivity index (χ4n) is 2.51. The molecular weight excluding hydrogens is 358 g/mol. The fraction of sp³-hybridized carbons (Fsp3) is 0.0952. The molecule has 0 radical (unpaired) electrons. The standard InChI is InChI=1S/C21H19N3O4/c1-27-20-9-5-8-17(21(20)28-15-16-6-3-2-4-7-16)14-22-23-18-10-12-19(13-11-18)24(25)26/h2-14,23H,15H2,1H3/b22-14+. The first-order valence-corrected chi connectivity index (χ1v) is 8.54. The van der Waals surface area contributed by atoms with Crippen LogP contribution in [0.4, 0.5) is 11.4 Å². The Morgan fingerprint density at radius 3 is 2.46 bits per heavy atom. The summed E-state index contributed by atoms with van der Waals surface area (Å²) in [5.41, 5.74) is 5.29. The van der Waals surface area contributed by atoms with Gasteiger partial charge in [0, 0.05) is 17.7 Å². The Morgan fingerprint density at radius 1 is 1.04 bits per heavy atom. The van der Waals surface area contributed by atoms with Crippen LogP contribution in [0.2, 0.25) is 0 Å². The number of nitrogens with one attached hydrogen (secondary N) is 1. The quantitative estimate of drug-likeness (QED) is 0.351. The number of nitro benzene ring substituents is 1. The first-order valence-electron chi connectivity index (χ1n) is 8.54. The summed E-state index contributed by atoms with van der Waals surface area (Å²) < 4.78 is 11.4. The van der Waals surface area contributed by atoms with E-state index in [1.54, 1.807) is 25.5 Å². The number of benzene rings is 3. The van der Waals surface area contributed by atoms with Gasteiger partial charge in [0.2, 0.25) is 0 Å². The van der Waals surface area contributed by atoms with E-state index in [-0.39, 0.29) is 5.69 Å². The molecule has 0 saturated heterocycles. The van der Waals surface area contributed by atoms with E-state index >= 15 is 0 Å². The number of nitro groups is 1. The van der Waals surface area contributed by atoms with Gasteiger partial charge in [0.25, 0.3) is 5.69 Å². The second-order valence-electron chi connectivity index (χ2n) is 5.83. The zero-order valence-corrected chi connectivity index (χ0v) is 15.2. The lowest BCUT2D eigenvalue weighted by Gasteiger charge is -2.13. The molecule has 0 unspecified atom stereocenters. The molecule has 0 aromatic heterocycles. The van der Waals surface area contributed by atoms with Crippen molar-refractivity contribution in [3.63, 3.8) is 0 Å². The van der Waals surface area contributed by atoms with Crippen LogP contribution in [0.3, 0.4) is 0 Å². The van der Waals surface area contributed by atoms with Gasteiger partial charge in [0.1, 0.15) is 6.61 Å². The zero-order chi connectivity index (χ0) is 19.8. The van der Waals surface area contributed by atoms with E-state index in [0.29, 0.717) is 23.8 Å². The molecule has 0 saturated carbocycles. The molecule has 0 aliphatic rings. The molecule has 0 spiro atoms. The first kappa shape index (κ1) is 18.9. The Morgan fingerprint density at radius 2 is 1.79 bits per heavy atom. The molecule has 3 rings (SSSR count). The molecule has 0 heterocycles. The SMILES string of the molecule is COc1cccc(/C=N/Nc2ccc([N+](=O)[O-])cc2)c1OCc1ccccc1. The molecule has 7 nitrogen and oxygen atoms in total. The van der Waals surface area contributed by atoms with Crippen molar-refractivity contribution in [2.24, 2.45) is 5.10 Å². The van der Waals surface area contributed by atoms with Crippen LogP contribution in [0.15, 0.2) is 77.9 Å². The minimum absolute atomic E-state index is 0.0268. The van der Waals surface area contributed by atoms with Gasteiger partial charge in [-0.15, -0.1) is 0 Å². The molecule has 1 N–H and O–H groups in total. The summed E-state index contributed by atoms with van der Waals surface area (Å²) in [5.74, 6) is 1.19. The van der Waals surface area contributed by atoms with Crippen LogP contribution in [0.5, 0.6) is 11.5 Å². The summed E-state index contributed by atoms with van der Waals surface area (Å²) in [6.07, 6.45) is 1.62. The van der Waals surface area contributed by atoms with Gasteiger partial charge < -0.3 is 9.47 Å². The smallest absolute Gasteiger partial charge is 0.269 e. The van der Waals surface area contributed by atoms with Crippen LogP contribution in [0.1, 0.15) is 11.1 Å². The van der Waals surface area contributed by atoms with Crippen LogP contribution in [-0.2, 0) is 6.61 Å². The average molecular weight is 377 g/mol. The third-order valence-corrected chi connectivity index (χ3v) is 3.93. The van der Waals surface area contributed by atoms with Gasteiger partial charge in [-0.2, -0.15) is 5.10 Å². The molecule has 142 valence electrons. The number of rotatable bonds is 8. The monoisotopic (exact) mass is 377 g/mol. The Hall–Kier alpha value is -3.87. The minimum atomic E-state index is -0.445. The summed E-state index contributed by atoms with van der Waals surface area (Å²) in [7, 11) is 1.58. The summed E-state index contributed by atoms with van der Waals surface area (Å²) in [5, 5.41) is 14.9. The Labute approximate surface area is 162 Å². The number of ether oxygens (including phenoxy) is 2. The molecule has 7 heteroatoms. The van der Waals surface area contributed by atoms with E-state index in [0.717, 1.165) is 11.1 Å². The minimum Gasteiger partial charge on any atom is -0.493 e. The Kier molecular flexibility index (Phi) is 6.20. The predicted octanol–water partition coefficient (Wildman–Crippen LogP) is 4.63. The van der Waals surface area contributed by atoms with Gasteiger partial charge in [-0.25, -0.2) is 0 Å². The number of nitrogens with zero attached hydrogens (tertiary/aromatic N) is 2. The van der Waals surface area contributed by atoms with E-state index in [2.05, 4.69) is 10.5 Å². The van der Waals surface area contributed by atoms with E-state index in [9.17, 15) is 10.1 Å². The van der Waals surface area contributed by atoms with Crippen molar-refractivity contribution >= 4 is 17.6 Å². The van der Waals surface area contributed by atoms with Crippen LogP contribution in [0, 0.1) is 10.1 Å². The fourth-order valence-corrected chi connectivity index (χ4v) is 2.51. The van der Waals surface area contributed by atoms with E-state index in [4.69, 9.17) is 9.47 Å². The lowest BCUT2D eigenvalue weighted by molar-refractivity contribution is -0.384. The molecule has 28 heavy (non-hydrogen) atoms. The first-order chi connectivity index (χ1) is 13.7. The molecule has 0 amide bonds. The van der Waals surface area contributed by atoms with Crippen molar-refractivity contribution in [1.29, 1.82) is 0 Å². The topological polar surface area (TPSA) is 86.0 Å². The average Bonchev–Trinajstić information content (AvgIpc) is 2.73. The number of para-hydroxylation sites is 1. The maximum Gasteiger partial charge on any atom is 0.269 e. The van der Waals surface area contributed by atoms with E-state index in [1.165, 1.54) is 12.1 Å². The van der Waals surface area contributed by atoms with Gasteiger partial charge >= 0.3 is 0 Å². The molecular formula is C21H19N3O4. The maximum absolute atomic E-state index is 10.7. The summed E-state index contributed by atoms with van der Waals surface area (Å²) in [4.78, 5) is 10.3. The lowest BCUT2D eigenvalue weighted by Crippen LogP contribution is -2.01. The van der Waals surface area contributed by atoms with Crippen LogP contribution < -0.4 is 14.9 Å². The highest BCUT2D eigenvalue weighted by molar-refractivity contribution is 5.85. The van der Waals surface area contributed by atoms with E-state index in [1.807, 2.05) is 48.5 Å². The van der Waals surface area contributed by atoms with Crippen molar-refractivity contribution in [1.82, 2.24) is 0 Å². The molecule has 0 atom stereocenters. The number of anilines is 1. The zero-order valence-electron chi connectivity index (χ0n) is 15.2. The van der Waals surface area contributed by atoms with Crippen LogP contribution in [-0.4, -0.2) is 18.2 Å². The van der Waals surface area contributed by atoms with Crippen molar-refractivity contribution in [2.45, 2.75) is 6.61 Å². The summed E-state index contributed by atoms with van der Waals surface area (Å²) in [6.45, 7) is 0.401. The highest BCUT2D eigenvalue weighted by Gasteiger charge is 2.10. The third kappa shape index (κ3) is 4.85. The second kappa shape index (κ2) is 9.18. The van der Waals surface area contributed by atoms with Gasteiger partial charge in [-0.1, -0.05) is 36.4 Å². The normalized spacial score (nSPS) is 10.6. The van der Waals surface area contributed by atoms with Crippen molar-refractivity contribution in [3.8, 4) is 11.5 Å². The predicted molar refractivity (Wildman–Crippen MR) is 108 cm³/mol. The van der Waals surface area contributed by atoms with Crippen LogP contribution in [0.25, 0.3) is 0 Å². The Bertz CT molecular complexity index is 957. The molecule has 0 aliphatic heterocycles. The van der Waals surface area contributed by atoms with Gasteiger partial charge in [-0.3, -0.25) is 15.5 Å². The van der Waals surface area contributed by atoms with Crippen molar-refractivity contribution in [3.05, 3.63) is 94.0 Å². The second-order valence-corrected chi connectivity index (χ2v) is 5.83. The van der Waals surface area contributed by atoms with Crippen molar-refractivity contribution in [2.75, 3.05) is 12.5 Å². The maximum atomic E-state index is 10.7. The molecule has 3 aromatic carbocycles. The molecule has 0 fully saturated rings. The molecule has 3 aromatic rings. The van der Waals surface area contributed by atoms with E-state index < -0.39 is 4.92 Å². The molecule has 0 bridgehead atoms. The largest absolute Gasteiger partial charge is 0.493 e. The van der Waals surface area contributed by atoms with Crippen LogP contribution >= 0.6 is 0 Å². The number of hydrogen-bond donors (Lipinski definition) is 1. The van der Waals surface area contributed by atoms with Gasteiger partial charge in [0.05, 0.1) is 23.9 Å². The van der Waals surface area contributed by atoms with Gasteiger partial charge in [-0.05, 0) is 29.8 Å². The van der Waals surface area contributed by atoms with Gasteiger partial charge in [0.15, 0.2) is 11.5 Å². The molecule has 0 aliphatic carbocycles. The lowest BCUT2D eigenvalue weighted by atomic mass is 10.2. The highest BCUT2D eigenvalue weighted by Crippen LogP contribution is 2.31. The summed E-state index contributed by atoms with van der Waals surface area (Å²) in [6, 6.07) is 21.4. The number of methoxy groups -OCH3 is 1. The highest BCUT2D eigenvalue weighted by atomic mass is 16.6. The number of hydrazone groups is 1.